The summed E-state index contributed by atoms with van der Waals surface area (Å²) in [7, 11) is 3.16. The number of hydrogen-bond acceptors (Lipinski definition) is 4. The number of carbonyl (C=O) groups excluding carboxylic acids is 1. The molecule has 1 aromatic heterocycles. The lowest BCUT2D eigenvalue weighted by molar-refractivity contribution is -0.700. The van der Waals surface area contributed by atoms with E-state index in [9.17, 15) is 4.79 Å². The Morgan fingerprint density at radius 2 is 1.77 bits per heavy atom. The number of fused-ring (bicyclic) bond motifs is 1. The molecular formula is C24H24N3O3S+. The van der Waals surface area contributed by atoms with Crippen molar-refractivity contribution in [1.29, 1.82) is 0 Å². The molecule has 2 N–H and O–H groups in total. The van der Waals surface area contributed by atoms with Gasteiger partial charge in [0.15, 0.2) is 11.0 Å². The van der Waals surface area contributed by atoms with Crippen LogP contribution in [0.3, 0.4) is 0 Å². The molecule has 0 unspecified atom stereocenters. The molecule has 6 nitrogen and oxygen atoms in total. The first kappa shape index (κ1) is 20.8. The van der Waals surface area contributed by atoms with Crippen LogP contribution >= 0.6 is 11.8 Å². The number of methoxy groups -OCH3 is 2. The Morgan fingerprint density at radius 3 is 2.55 bits per heavy atom. The Balaban J connectivity index is 1.52. The van der Waals surface area contributed by atoms with Crippen molar-refractivity contribution in [2.75, 3.05) is 25.3 Å². The number of aromatic nitrogens is 2. The number of nitrogens with one attached hydrogen (secondary N) is 2. The number of benzene rings is 3. The van der Waals surface area contributed by atoms with Crippen LogP contribution in [0.4, 0.5) is 5.69 Å². The zero-order chi connectivity index (χ0) is 21.6. The van der Waals surface area contributed by atoms with E-state index in [0.29, 0.717) is 17.2 Å². The molecule has 3 aromatic carbocycles. The number of amides is 1. The Labute approximate surface area is 185 Å². The highest BCUT2D eigenvalue weighted by Crippen LogP contribution is 2.29. The SMILES string of the molecule is COc1ccc(OC)c(NC(=O)CSc2[nH]c3ccccc3[n+]2Cc2ccccc2)c1. The van der Waals surface area contributed by atoms with Gasteiger partial charge in [0, 0.05) is 6.07 Å². The summed E-state index contributed by atoms with van der Waals surface area (Å²) in [4.78, 5) is 16.1. The zero-order valence-electron chi connectivity index (χ0n) is 17.4. The van der Waals surface area contributed by atoms with Gasteiger partial charge < -0.3 is 14.8 Å². The number of ether oxygens (including phenoxy) is 2. The van der Waals surface area contributed by atoms with Crippen molar-refractivity contribution in [3.63, 3.8) is 0 Å². The lowest BCUT2D eigenvalue weighted by atomic mass is 10.2. The van der Waals surface area contributed by atoms with E-state index in [1.54, 1.807) is 32.4 Å². The Morgan fingerprint density at radius 1 is 1.00 bits per heavy atom. The van der Waals surface area contributed by atoms with E-state index in [2.05, 4.69) is 33.1 Å². The summed E-state index contributed by atoms with van der Waals surface area (Å²) in [6, 6.07) is 23.7. The summed E-state index contributed by atoms with van der Waals surface area (Å²) in [5.41, 5.74) is 3.92. The number of carbonyl (C=O) groups is 1. The van der Waals surface area contributed by atoms with Crippen LogP contribution in [0.1, 0.15) is 5.56 Å². The molecule has 158 valence electrons. The van der Waals surface area contributed by atoms with Gasteiger partial charge in [-0.25, -0.2) is 9.55 Å². The number of hydrogen-bond donors (Lipinski definition) is 2. The van der Waals surface area contributed by atoms with Gasteiger partial charge in [0.1, 0.15) is 18.0 Å². The number of imidazole rings is 1. The van der Waals surface area contributed by atoms with Gasteiger partial charge in [-0.05, 0) is 41.6 Å². The second kappa shape index (κ2) is 9.57. The molecule has 0 saturated heterocycles. The number of anilines is 1. The van der Waals surface area contributed by atoms with Gasteiger partial charge in [-0.1, -0.05) is 42.5 Å². The summed E-state index contributed by atoms with van der Waals surface area (Å²) in [6.45, 7) is 0.721. The largest absolute Gasteiger partial charge is 0.497 e. The van der Waals surface area contributed by atoms with E-state index in [-0.39, 0.29) is 11.7 Å². The minimum atomic E-state index is -0.124. The number of thioether (sulfide) groups is 1. The van der Waals surface area contributed by atoms with Gasteiger partial charge in [-0.15, -0.1) is 0 Å². The van der Waals surface area contributed by atoms with E-state index in [4.69, 9.17) is 9.47 Å². The van der Waals surface area contributed by atoms with E-state index >= 15 is 0 Å². The number of rotatable bonds is 8. The van der Waals surface area contributed by atoms with Gasteiger partial charge in [0.05, 0.1) is 25.7 Å². The Kier molecular flexibility index (Phi) is 6.43. The summed E-state index contributed by atoms with van der Waals surface area (Å²) >= 11 is 1.47. The number of H-pyrrole nitrogens is 1. The lowest BCUT2D eigenvalue weighted by Gasteiger charge is -2.11. The van der Waals surface area contributed by atoms with Crippen molar-refractivity contribution in [3.05, 3.63) is 78.4 Å². The molecule has 0 atom stereocenters. The molecule has 0 aliphatic rings. The fourth-order valence-electron chi connectivity index (χ4n) is 3.38. The van der Waals surface area contributed by atoms with Gasteiger partial charge in [-0.3, -0.25) is 4.79 Å². The van der Waals surface area contributed by atoms with Crippen molar-refractivity contribution >= 4 is 34.4 Å². The summed E-state index contributed by atoms with van der Waals surface area (Å²) in [6.07, 6.45) is 0. The summed E-state index contributed by atoms with van der Waals surface area (Å²) in [5.74, 6) is 1.37. The van der Waals surface area contributed by atoms with Crippen molar-refractivity contribution in [1.82, 2.24) is 4.98 Å². The molecule has 7 heteroatoms. The Bertz CT molecular complexity index is 1190. The van der Waals surface area contributed by atoms with Gasteiger partial charge in [0.2, 0.25) is 5.91 Å². The topological polar surface area (TPSA) is 67.2 Å². The first-order chi connectivity index (χ1) is 15.2. The van der Waals surface area contributed by atoms with E-state index in [0.717, 1.165) is 22.7 Å². The number of nitrogens with zero attached hydrogens (tertiary/aromatic N) is 1. The van der Waals surface area contributed by atoms with Crippen LogP contribution in [-0.4, -0.2) is 30.9 Å². The molecule has 1 amide bonds. The molecule has 0 spiro atoms. The number of para-hydroxylation sites is 2. The van der Waals surface area contributed by atoms with Gasteiger partial charge in [0.25, 0.3) is 0 Å². The molecule has 4 rings (SSSR count). The molecule has 0 radical (unpaired) electrons. The second-order valence-corrected chi connectivity index (χ2v) is 7.89. The maximum atomic E-state index is 12.7. The van der Waals surface area contributed by atoms with Gasteiger partial charge >= 0.3 is 5.16 Å². The van der Waals surface area contributed by atoms with Crippen LogP contribution in [0.15, 0.2) is 78.0 Å². The third-order valence-corrected chi connectivity index (χ3v) is 5.89. The predicted molar refractivity (Wildman–Crippen MR) is 123 cm³/mol. The highest BCUT2D eigenvalue weighted by Gasteiger charge is 2.20. The maximum Gasteiger partial charge on any atom is 0.317 e. The van der Waals surface area contributed by atoms with Crippen LogP contribution < -0.4 is 19.4 Å². The fraction of sp³-hybridized carbons (Fsp3) is 0.167. The Hall–Kier alpha value is -3.45. The van der Waals surface area contributed by atoms with Crippen molar-refractivity contribution in [2.24, 2.45) is 0 Å². The van der Waals surface area contributed by atoms with Crippen LogP contribution in [-0.2, 0) is 11.3 Å². The molecule has 31 heavy (non-hydrogen) atoms. The van der Waals surface area contributed by atoms with Crippen molar-refractivity contribution in [3.8, 4) is 11.5 Å². The molecule has 0 fully saturated rings. The highest BCUT2D eigenvalue weighted by molar-refractivity contribution is 7.99. The highest BCUT2D eigenvalue weighted by atomic mass is 32.2. The van der Waals surface area contributed by atoms with Crippen LogP contribution in [0.25, 0.3) is 11.0 Å². The van der Waals surface area contributed by atoms with Crippen LogP contribution in [0.2, 0.25) is 0 Å². The molecule has 0 bridgehead atoms. The van der Waals surface area contributed by atoms with Crippen molar-refractivity contribution in [2.45, 2.75) is 11.7 Å². The minimum absolute atomic E-state index is 0.124. The molecule has 0 saturated carbocycles. The normalized spacial score (nSPS) is 10.8. The molecule has 4 aromatic rings. The van der Waals surface area contributed by atoms with Crippen LogP contribution in [0, 0.1) is 0 Å². The minimum Gasteiger partial charge on any atom is -0.497 e. The molecule has 1 heterocycles. The fourth-order valence-corrected chi connectivity index (χ4v) is 4.22. The first-order valence-corrected chi connectivity index (χ1v) is 10.9. The average Bonchev–Trinajstić information content (AvgIpc) is 3.15. The number of aromatic amines is 1. The van der Waals surface area contributed by atoms with E-state index in [1.807, 2.05) is 36.4 Å². The third kappa shape index (κ3) is 4.83. The zero-order valence-corrected chi connectivity index (χ0v) is 18.2. The third-order valence-electron chi connectivity index (χ3n) is 4.89. The van der Waals surface area contributed by atoms with Crippen LogP contribution in [0.5, 0.6) is 11.5 Å². The quantitative estimate of drug-likeness (QED) is 0.321. The van der Waals surface area contributed by atoms with E-state index < -0.39 is 0 Å². The van der Waals surface area contributed by atoms with Crippen molar-refractivity contribution < 1.29 is 18.8 Å². The smallest absolute Gasteiger partial charge is 0.317 e. The molecular weight excluding hydrogens is 410 g/mol. The lowest BCUT2D eigenvalue weighted by Crippen LogP contribution is -2.35. The summed E-state index contributed by atoms with van der Waals surface area (Å²) < 4.78 is 12.8. The molecule has 0 aliphatic heterocycles. The maximum absolute atomic E-state index is 12.7. The average molecular weight is 435 g/mol. The standard InChI is InChI=1S/C24H23N3O3S/c1-29-18-12-13-22(30-2)20(14-18)25-23(28)16-31-24-26-19-10-6-7-11-21(19)27(24)15-17-8-4-3-5-9-17/h3-14H,15-16H2,1-2H3,(H,25,28)/p+1. The van der Waals surface area contributed by atoms with Gasteiger partial charge in [-0.2, -0.15) is 0 Å². The molecule has 0 aliphatic carbocycles. The van der Waals surface area contributed by atoms with E-state index in [1.165, 1.54) is 17.3 Å². The monoisotopic (exact) mass is 434 g/mol. The predicted octanol–water partition coefficient (Wildman–Crippen LogP) is 4.25. The second-order valence-electron chi connectivity index (χ2n) is 6.92. The summed E-state index contributed by atoms with van der Waals surface area (Å²) in [5, 5.41) is 3.85. The first-order valence-electron chi connectivity index (χ1n) is 9.87.